The van der Waals surface area contributed by atoms with Gasteiger partial charge in [0.15, 0.2) is 11.3 Å². The number of nitrogens with one attached hydrogen (secondary N) is 1. The fourth-order valence-corrected chi connectivity index (χ4v) is 2.71. The Kier molecular flexibility index (Phi) is 3.25. The predicted octanol–water partition coefficient (Wildman–Crippen LogP) is 2.06. The first kappa shape index (κ1) is 14.4. The topological polar surface area (TPSA) is 105 Å². The quantitative estimate of drug-likeness (QED) is 0.599. The zero-order chi connectivity index (χ0) is 16.7. The van der Waals surface area contributed by atoms with Crippen LogP contribution >= 0.6 is 0 Å². The number of aromatic nitrogens is 4. The van der Waals surface area contributed by atoms with Crippen molar-refractivity contribution in [3.8, 4) is 6.07 Å². The Morgan fingerprint density at radius 3 is 2.88 bits per heavy atom. The van der Waals surface area contributed by atoms with Crippen molar-refractivity contribution in [3.63, 3.8) is 0 Å². The summed E-state index contributed by atoms with van der Waals surface area (Å²) in [6.07, 6.45) is 1.65. The maximum atomic E-state index is 9.44. The van der Waals surface area contributed by atoms with Gasteiger partial charge in [-0.05, 0) is 25.1 Å². The molecular weight excluding hydrogens is 302 g/mol. The molecule has 1 aromatic carbocycles. The van der Waals surface area contributed by atoms with E-state index in [2.05, 4.69) is 26.3 Å². The average molecular weight is 317 g/mol. The lowest BCUT2D eigenvalue weighted by molar-refractivity contribution is 0.777. The van der Waals surface area contributed by atoms with Gasteiger partial charge in [0.1, 0.15) is 17.4 Å². The van der Waals surface area contributed by atoms with Crippen LogP contribution in [0.3, 0.4) is 0 Å². The number of nitrogens with two attached hydrogens (primary N) is 1. The van der Waals surface area contributed by atoms with E-state index in [4.69, 9.17) is 5.73 Å². The Bertz CT molecular complexity index is 1100. The molecule has 0 fully saturated rings. The molecule has 0 saturated carbocycles. The number of fused-ring (bicyclic) bond motifs is 5. The molecule has 0 aliphatic rings. The molecule has 24 heavy (non-hydrogen) atoms. The van der Waals surface area contributed by atoms with Crippen molar-refractivity contribution >= 4 is 33.7 Å². The Morgan fingerprint density at radius 2 is 2.08 bits per heavy atom. The monoisotopic (exact) mass is 317 g/mol. The van der Waals surface area contributed by atoms with Crippen LogP contribution in [-0.4, -0.2) is 31.9 Å². The number of hydrogen-bond acceptors (Lipinski definition) is 6. The molecule has 0 radical (unpaired) electrons. The summed E-state index contributed by atoms with van der Waals surface area (Å²) >= 11 is 0. The molecule has 1 atom stereocenters. The summed E-state index contributed by atoms with van der Waals surface area (Å²) < 4.78 is 1.88. The molecule has 4 rings (SSSR count). The summed E-state index contributed by atoms with van der Waals surface area (Å²) in [6.45, 7) is 2.52. The molecular formula is C17H15N7. The number of para-hydroxylation sites is 2. The minimum atomic E-state index is 0.0116. The van der Waals surface area contributed by atoms with Crippen LogP contribution in [0.4, 0.5) is 5.82 Å². The molecule has 3 N–H and O–H groups in total. The summed E-state index contributed by atoms with van der Waals surface area (Å²) in [4.78, 5) is 13.7. The van der Waals surface area contributed by atoms with Crippen LogP contribution in [0, 0.1) is 11.3 Å². The van der Waals surface area contributed by atoms with E-state index in [-0.39, 0.29) is 6.04 Å². The van der Waals surface area contributed by atoms with Gasteiger partial charge in [0.05, 0.1) is 22.8 Å². The third kappa shape index (κ3) is 2.21. The molecule has 3 heterocycles. The first-order valence-electron chi connectivity index (χ1n) is 7.64. The van der Waals surface area contributed by atoms with Crippen LogP contribution in [-0.2, 0) is 0 Å². The zero-order valence-electron chi connectivity index (χ0n) is 13.1. The molecule has 0 aliphatic heterocycles. The molecule has 0 amide bonds. The smallest absolute Gasteiger partial charge is 0.167 e. The summed E-state index contributed by atoms with van der Waals surface area (Å²) in [5.41, 5.74) is 9.86. The first-order valence-corrected chi connectivity index (χ1v) is 7.64. The summed E-state index contributed by atoms with van der Waals surface area (Å²) in [7, 11) is 0. The van der Waals surface area contributed by atoms with Crippen LogP contribution in [0.2, 0.25) is 0 Å². The number of anilines is 1. The second kappa shape index (κ2) is 5.44. The first-order chi connectivity index (χ1) is 11.7. The van der Waals surface area contributed by atoms with Crippen molar-refractivity contribution < 1.29 is 0 Å². The second-order valence-corrected chi connectivity index (χ2v) is 5.75. The second-order valence-electron chi connectivity index (χ2n) is 5.75. The SMILES string of the molecule is C[C@@H](N)CNc1cnc2cc(C#N)c3nc4ccccc4n3c2n1. The number of imidazole rings is 1. The maximum Gasteiger partial charge on any atom is 0.167 e. The van der Waals surface area contributed by atoms with Crippen molar-refractivity contribution in [1.29, 1.82) is 5.26 Å². The summed E-state index contributed by atoms with van der Waals surface area (Å²) in [5, 5.41) is 12.6. The van der Waals surface area contributed by atoms with Crippen molar-refractivity contribution in [2.45, 2.75) is 13.0 Å². The van der Waals surface area contributed by atoms with Gasteiger partial charge in [0.25, 0.3) is 0 Å². The van der Waals surface area contributed by atoms with Crippen LogP contribution < -0.4 is 11.1 Å². The van der Waals surface area contributed by atoms with Crippen LogP contribution in [0.5, 0.6) is 0 Å². The Hall–Kier alpha value is -3.24. The molecule has 118 valence electrons. The van der Waals surface area contributed by atoms with E-state index in [1.165, 1.54) is 0 Å². The molecule has 7 heteroatoms. The number of benzene rings is 1. The molecule has 0 saturated heterocycles. The minimum absolute atomic E-state index is 0.0116. The van der Waals surface area contributed by atoms with Gasteiger partial charge >= 0.3 is 0 Å². The van der Waals surface area contributed by atoms with Gasteiger partial charge in [-0.15, -0.1) is 0 Å². The highest BCUT2D eigenvalue weighted by atomic mass is 15.1. The van der Waals surface area contributed by atoms with E-state index < -0.39 is 0 Å². The fraction of sp³-hybridized carbons (Fsp3) is 0.176. The van der Waals surface area contributed by atoms with E-state index in [0.29, 0.717) is 34.7 Å². The van der Waals surface area contributed by atoms with Crippen molar-refractivity contribution in [1.82, 2.24) is 19.4 Å². The van der Waals surface area contributed by atoms with Crippen molar-refractivity contribution in [3.05, 3.63) is 42.1 Å². The standard InChI is InChI=1S/C17H15N7/c1-10(19)8-21-15-9-20-13-6-11(7-18)16-22-12-4-2-3-5-14(12)24(16)17(13)23-15/h2-6,9-10H,8,19H2,1H3,(H,21,23)/t10-/m1/s1. The number of nitrogens with zero attached hydrogens (tertiary/aromatic N) is 5. The molecule has 7 nitrogen and oxygen atoms in total. The predicted molar refractivity (Wildman–Crippen MR) is 92.6 cm³/mol. The van der Waals surface area contributed by atoms with Gasteiger partial charge in [-0.25, -0.2) is 15.0 Å². The molecule has 0 unspecified atom stereocenters. The van der Waals surface area contributed by atoms with Crippen molar-refractivity contribution in [2.75, 3.05) is 11.9 Å². The molecule has 0 aliphatic carbocycles. The maximum absolute atomic E-state index is 9.44. The fourth-order valence-electron chi connectivity index (χ4n) is 2.71. The van der Waals surface area contributed by atoms with E-state index in [1.54, 1.807) is 12.3 Å². The van der Waals surface area contributed by atoms with Crippen molar-refractivity contribution in [2.24, 2.45) is 5.73 Å². The van der Waals surface area contributed by atoms with Gasteiger partial charge in [0.2, 0.25) is 0 Å². The van der Waals surface area contributed by atoms with E-state index in [1.807, 2.05) is 35.6 Å². The molecule has 4 aromatic rings. The third-order valence-electron chi connectivity index (χ3n) is 3.80. The van der Waals surface area contributed by atoms with Gasteiger partial charge < -0.3 is 11.1 Å². The molecule has 0 spiro atoms. The lowest BCUT2D eigenvalue weighted by Gasteiger charge is -2.09. The highest BCUT2D eigenvalue weighted by Gasteiger charge is 2.14. The minimum Gasteiger partial charge on any atom is -0.367 e. The van der Waals surface area contributed by atoms with Gasteiger partial charge in [-0.1, -0.05) is 12.1 Å². The molecule has 0 bridgehead atoms. The van der Waals surface area contributed by atoms with E-state index in [9.17, 15) is 5.26 Å². The number of pyridine rings is 1. The molecule has 3 aromatic heterocycles. The third-order valence-corrected chi connectivity index (χ3v) is 3.80. The number of rotatable bonds is 3. The lowest BCUT2D eigenvalue weighted by atomic mass is 10.2. The van der Waals surface area contributed by atoms with E-state index in [0.717, 1.165) is 11.0 Å². The van der Waals surface area contributed by atoms with Crippen LogP contribution in [0.25, 0.3) is 27.8 Å². The Morgan fingerprint density at radius 1 is 1.25 bits per heavy atom. The van der Waals surface area contributed by atoms with Crippen LogP contribution in [0.1, 0.15) is 12.5 Å². The average Bonchev–Trinajstić information content (AvgIpc) is 2.99. The van der Waals surface area contributed by atoms with Crippen LogP contribution in [0.15, 0.2) is 36.5 Å². The Balaban J connectivity index is 2.05. The zero-order valence-corrected chi connectivity index (χ0v) is 13.1. The highest BCUT2D eigenvalue weighted by Crippen LogP contribution is 2.24. The summed E-state index contributed by atoms with van der Waals surface area (Å²) in [6, 6.07) is 11.7. The largest absolute Gasteiger partial charge is 0.367 e. The summed E-state index contributed by atoms with van der Waals surface area (Å²) in [5.74, 6) is 0.642. The Labute approximate surface area is 137 Å². The van der Waals surface area contributed by atoms with Gasteiger partial charge in [-0.3, -0.25) is 4.40 Å². The van der Waals surface area contributed by atoms with Gasteiger partial charge in [-0.2, -0.15) is 5.26 Å². The lowest BCUT2D eigenvalue weighted by Crippen LogP contribution is -2.25. The number of hydrogen-bond donors (Lipinski definition) is 2. The normalized spacial score (nSPS) is 12.5. The number of nitriles is 1. The van der Waals surface area contributed by atoms with Gasteiger partial charge in [0, 0.05) is 12.6 Å². The van der Waals surface area contributed by atoms with E-state index >= 15 is 0 Å². The highest BCUT2D eigenvalue weighted by molar-refractivity contribution is 5.90.